The molecule has 1 aliphatic rings. The zero-order valence-electron chi connectivity index (χ0n) is 10.5. The maximum Gasteiger partial charge on any atom is 0.233 e. The standard InChI is InChI=1S/C12H25N3O/c1-10-4-3-8-15(9-7-10)11(2)5-6-12(16)14-13/h10-11H,3-9,13H2,1-2H3,(H,14,16). The van der Waals surface area contributed by atoms with Gasteiger partial charge in [-0.2, -0.15) is 0 Å². The molecule has 1 heterocycles. The molecule has 3 N–H and O–H groups in total. The summed E-state index contributed by atoms with van der Waals surface area (Å²) in [5.74, 6) is 5.86. The molecule has 1 amide bonds. The predicted octanol–water partition coefficient (Wildman–Crippen LogP) is 1.27. The van der Waals surface area contributed by atoms with Crippen molar-refractivity contribution in [3.63, 3.8) is 0 Å². The number of carbonyl (C=O) groups excluding carboxylic acids is 1. The fourth-order valence-electron chi connectivity index (χ4n) is 2.32. The lowest BCUT2D eigenvalue weighted by Gasteiger charge is -2.27. The van der Waals surface area contributed by atoms with Crippen LogP contribution in [0.2, 0.25) is 0 Å². The Kier molecular flexibility index (Phi) is 5.77. The molecule has 94 valence electrons. The summed E-state index contributed by atoms with van der Waals surface area (Å²) in [4.78, 5) is 13.6. The van der Waals surface area contributed by atoms with Crippen LogP contribution in [0.25, 0.3) is 0 Å². The first-order valence-electron chi connectivity index (χ1n) is 6.37. The van der Waals surface area contributed by atoms with Crippen molar-refractivity contribution >= 4 is 5.91 Å². The third kappa shape index (κ3) is 4.49. The Bertz CT molecular complexity index is 220. The van der Waals surface area contributed by atoms with Gasteiger partial charge in [-0.05, 0) is 51.6 Å². The topological polar surface area (TPSA) is 58.4 Å². The Morgan fingerprint density at radius 3 is 2.94 bits per heavy atom. The second kappa shape index (κ2) is 6.86. The Labute approximate surface area is 98.5 Å². The van der Waals surface area contributed by atoms with E-state index in [0.717, 1.165) is 12.3 Å². The summed E-state index contributed by atoms with van der Waals surface area (Å²) in [6, 6.07) is 0.489. The van der Waals surface area contributed by atoms with Crippen molar-refractivity contribution in [1.29, 1.82) is 0 Å². The summed E-state index contributed by atoms with van der Waals surface area (Å²) in [7, 11) is 0. The number of hydrogen-bond donors (Lipinski definition) is 2. The van der Waals surface area contributed by atoms with Crippen LogP contribution in [-0.2, 0) is 4.79 Å². The number of nitrogens with two attached hydrogens (primary N) is 1. The van der Waals surface area contributed by atoms with Gasteiger partial charge >= 0.3 is 0 Å². The number of nitrogens with one attached hydrogen (secondary N) is 1. The van der Waals surface area contributed by atoms with Gasteiger partial charge in [-0.3, -0.25) is 10.2 Å². The van der Waals surface area contributed by atoms with E-state index in [-0.39, 0.29) is 5.91 Å². The fourth-order valence-corrected chi connectivity index (χ4v) is 2.32. The highest BCUT2D eigenvalue weighted by atomic mass is 16.2. The molecule has 0 saturated carbocycles. The highest BCUT2D eigenvalue weighted by molar-refractivity contribution is 5.75. The van der Waals surface area contributed by atoms with Crippen LogP contribution >= 0.6 is 0 Å². The number of hydrazine groups is 1. The first kappa shape index (κ1) is 13.5. The van der Waals surface area contributed by atoms with E-state index in [0.29, 0.717) is 12.5 Å². The number of carbonyl (C=O) groups is 1. The van der Waals surface area contributed by atoms with Gasteiger partial charge in [-0.1, -0.05) is 6.92 Å². The number of amides is 1. The number of rotatable bonds is 4. The molecule has 16 heavy (non-hydrogen) atoms. The molecule has 2 atom stereocenters. The monoisotopic (exact) mass is 227 g/mol. The van der Waals surface area contributed by atoms with Crippen LogP contribution in [0.3, 0.4) is 0 Å². The van der Waals surface area contributed by atoms with Crippen LogP contribution in [0.4, 0.5) is 0 Å². The minimum absolute atomic E-state index is 0.0601. The summed E-state index contributed by atoms with van der Waals surface area (Å²) in [6.45, 7) is 6.89. The van der Waals surface area contributed by atoms with Crippen molar-refractivity contribution in [1.82, 2.24) is 10.3 Å². The average molecular weight is 227 g/mol. The molecular formula is C12H25N3O. The molecule has 1 fully saturated rings. The third-order valence-electron chi connectivity index (χ3n) is 3.62. The van der Waals surface area contributed by atoms with Gasteiger partial charge < -0.3 is 4.90 Å². The van der Waals surface area contributed by atoms with E-state index in [1.54, 1.807) is 0 Å². The first-order chi connectivity index (χ1) is 7.63. The molecule has 2 unspecified atom stereocenters. The van der Waals surface area contributed by atoms with Crippen LogP contribution in [0.5, 0.6) is 0 Å². The molecule has 1 saturated heterocycles. The van der Waals surface area contributed by atoms with Gasteiger partial charge in [0.25, 0.3) is 0 Å². The smallest absolute Gasteiger partial charge is 0.233 e. The van der Waals surface area contributed by atoms with Crippen molar-refractivity contribution < 1.29 is 4.79 Å². The number of likely N-dealkylation sites (tertiary alicyclic amines) is 1. The second-order valence-electron chi connectivity index (χ2n) is 5.03. The molecule has 0 spiro atoms. The SMILES string of the molecule is CC1CCCN(C(C)CCC(=O)NN)CC1. The molecule has 0 radical (unpaired) electrons. The number of hydrogen-bond acceptors (Lipinski definition) is 3. The van der Waals surface area contributed by atoms with Gasteiger partial charge in [-0.25, -0.2) is 5.84 Å². The van der Waals surface area contributed by atoms with Crippen LogP contribution < -0.4 is 11.3 Å². The fraction of sp³-hybridized carbons (Fsp3) is 0.917. The Morgan fingerprint density at radius 1 is 1.50 bits per heavy atom. The zero-order valence-corrected chi connectivity index (χ0v) is 10.5. The Morgan fingerprint density at radius 2 is 2.25 bits per heavy atom. The highest BCUT2D eigenvalue weighted by Crippen LogP contribution is 2.19. The van der Waals surface area contributed by atoms with E-state index >= 15 is 0 Å². The Hall–Kier alpha value is -0.610. The van der Waals surface area contributed by atoms with Crippen LogP contribution in [0, 0.1) is 5.92 Å². The van der Waals surface area contributed by atoms with E-state index in [2.05, 4.69) is 24.2 Å². The van der Waals surface area contributed by atoms with Gasteiger partial charge in [0.05, 0.1) is 0 Å². The Balaban J connectivity index is 2.29. The van der Waals surface area contributed by atoms with Crippen molar-refractivity contribution in [2.75, 3.05) is 13.1 Å². The molecular weight excluding hydrogens is 202 g/mol. The summed E-state index contributed by atoms with van der Waals surface area (Å²) >= 11 is 0. The average Bonchev–Trinajstić information content (AvgIpc) is 2.50. The zero-order chi connectivity index (χ0) is 12.0. The van der Waals surface area contributed by atoms with Gasteiger partial charge in [0.1, 0.15) is 0 Å². The second-order valence-corrected chi connectivity index (χ2v) is 5.03. The molecule has 0 aliphatic carbocycles. The van der Waals surface area contributed by atoms with Crippen LogP contribution in [0.15, 0.2) is 0 Å². The molecule has 1 rings (SSSR count). The lowest BCUT2D eigenvalue weighted by Crippen LogP contribution is -2.36. The molecule has 1 aliphatic heterocycles. The van der Waals surface area contributed by atoms with Crippen molar-refractivity contribution in [2.24, 2.45) is 11.8 Å². The van der Waals surface area contributed by atoms with Crippen LogP contribution in [-0.4, -0.2) is 29.9 Å². The van der Waals surface area contributed by atoms with E-state index in [9.17, 15) is 4.79 Å². The lowest BCUT2D eigenvalue weighted by atomic mass is 10.0. The third-order valence-corrected chi connectivity index (χ3v) is 3.62. The molecule has 0 aromatic rings. The van der Waals surface area contributed by atoms with E-state index in [1.807, 2.05) is 0 Å². The van der Waals surface area contributed by atoms with Crippen LogP contribution in [0.1, 0.15) is 46.0 Å². The maximum atomic E-state index is 11.1. The molecule has 4 nitrogen and oxygen atoms in total. The van der Waals surface area contributed by atoms with Crippen molar-refractivity contribution in [3.8, 4) is 0 Å². The van der Waals surface area contributed by atoms with E-state index in [1.165, 1.54) is 32.4 Å². The number of nitrogens with zero attached hydrogens (tertiary/aromatic N) is 1. The van der Waals surface area contributed by atoms with E-state index in [4.69, 9.17) is 5.84 Å². The summed E-state index contributed by atoms with van der Waals surface area (Å²) in [5, 5.41) is 0. The summed E-state index contributed by atoms with van der Waals surface area (Å²) in [5.41, 5.74) is 2.19. The molecule has 4 heteroatoms. The lowest BCUT2D eigenvalue weighted by molar-refractivity contribution is -0.121. The largest absolute Gasteiger partial charge is 0.301 e. The minimum Gasteiger partial charge on any atom is -0.301 e. The minimum atomic E-state index is -0.0601. The quantitative estimate of drug-likeness (QED) is 0.432. The van der Waals surface area contributed by atoms with Gasteiger partial charge in [0.2, 0.25) is 5.91 Å². The van der Waals surface area contributed by atoms with Crippen molar-refractivity contribution in [2.45, 2.75) is 52.0 Å². The first-order valence-corrected chi connectivity index (χ1v) is 6.37. The highest BCUT2D eigenvalue weighted by Gasteiger charge is 2.18. The van der Waals surface area contributed by atoms with Gasteiger partial charge in [0.15, 0.2) is 0 Å². The maximum absolute atomic E-state index is 11.1. The van der Waals surface area contributed by atoms with Gasteiger partial charge in [-0.15, -0.1) is 0 Å². The van der Waals surface area contributed by atoms with Crippen molar-refractivity contribution in [3.05, 3.63) is 0 Å². The van der Waals surface area contributed by atoms with E-state index < -0.39 is 0 Å². The predicted molar refractivity (Wildman–Crippen MR) is 65.6 cm³/mol. The summed E-state index contributed by atoms with van der Waals surface area (Å²) in [6.07, 6.45) is 5.34. The summed E-state index contributed by atoms with van der Waals surface area (Å²) < 4.78 is 0. The molecule has 0 bridgehead atoms. The molecule has 0 aromatic heterocycles. The van der Waals surface area contributed by atoms with Gasteiger partial charge in [0, 0.05) is 12.5 Å². The molecule has 0 aromatic carbocycles. The normalized spacial score (nSPS) is 24.8.